The number of piperidine rings is 1. The largest absolute Gasteiger partial charge is 0.496 e. The summed E-state index contributed by atoms with van der Waals surface area (Å²) in [5, 5.41) is 19.7. The van der Waals surface area contributed by atoms with Gasteiger partial charge in [0.25, 0.3) is 0 Å². The number of hydrogen-bond acceptors (Lipinski definition) is 4. The maximum Gasteiger partial charge on any atom is 0.416 e. The second-order valence-corrected chi connectivity index (χ2v) is 10.3. The van der Waals surface area contributed by atoms with Crippen molar-refractivity contribution in [2.75, 3.05) is 13.7 Å². The molecule has 3 aromatic rings. The summed E-state index contributed by atoms with van der Waals surface area (Å²) in [6, 6.07) is 13.1. The average Bonchev–Trinajstić information content (AvgIpc) is 3.43. The molecule has 8 heteroatoms. The molecule has 2 aliphatic rings. The molecule has 1 saturated heterocycles. The van der Waals surface area contributed by atoms with Crippen LogP contribution in [0.3, 0.4) is 0 Å². The summed E-state index contributed by atoms with van der Waals surface area (Å²) in [4.78, 5) is 14.1. The van der Waals surface area contributed by atoms with Crippen LogP contribution in [0, 0.1) is 23.7 Å². The van der Waals surface area contributed by atoms with Gasteiger partial charge in [0.15, 0.2) is 0 Å². The van der Waals surface area contributed by atoms with Gasteiger partial charge in [-0.25, -0.2) is 13.6 Å². The molecule has 2 heterocycles. The molecule has 6 nitrogen and oxygen atoms in total. The molecule has 1 saturated carbocycles. The van der Waals surface area contributed by atoms with Gasteiger partial charge in [0, 0.05) is 42.6 Å². The second-order valence-electron chi connectivity index (χ2n) is 10.3. The van der Waals surface area contributed by atoms with Crippen molar-refractivity contribution in [3.63, 3.8) is 0 Å². The van der Waals surface area contributed by atoms with Gasteiger partial charge < -0.3 is 9.84 Å². The van der Waals surface area contributed by atoms with E-state index in [2.05, 4.69) is 11.0 Å². The predicted octanol–water partition coefficient (Wildman–Crippen LogP) is 6.50. The Hall–Kier alpha value is -3.44. The van der Waals surface area contributed by atoms with Gasteiger partial charge in [-0.3, -0.25) is 9.47 Å². The van der Waals surface area contributed by atoms with E-state index in [0.717, 1.165) is 22.1 Å². The number of nitrogens with zero attached hydrogens (tertiary/aromatic N) is 3. The fraction of sp³-hybridized carbons (Fsp3) is 0.429. The zero-order chi connectivity index (χ0) is 25.7. The molecule has 0 amide bonds. The number of carbonyl (C=O) groups is 1. The van der Waals surface area contributed by atoms with Crippen molar-refractivity contribution in [2.45, 2.75) is 57.5 Å². The van der Waals surface area contributed by atoms with Gasteiger partial charge in [-0.15, -0.1) is 0 Å². The van der Waals surface area contributed by atoms with E-state index in [0.29, 0.717) is 49.2 Å². The number of nitriles is 1. The standard InChI is InChI=1S/C28H29F2N3O3/c1-18-13-24(36-2)22(21-7-11-33(25(18)21)26(34)35)16-32-12-10-27(8-9-28(29,30)17-27)14-23(32)20-5-3-19(15-31)4-6-20/h3-7,11,13,23H,8-10,12,14,16-17H2,1-2H3,(H,34,35). The molecule has 0 bridgehead atoms. The number of methoxy groups -OCH3 is 1. The Balaban J connectivity index is 1.55. The molecule has 2 unspecified atom stereocenters. The van der Waals surface area contributed by atoms with Crippen LogP contribution in [0.2, 0.25) is 0 Å². The molecule has 1 aliphatic heterocycles. The number of halogens is 2. The third-order valence-corrected chi connectivity index (χ3v) is 8.09. The monoisotopic (exact) mass is 493 g/mol. The van der Waals surface area contributed by atoms with Crippen molar-refractivity contribution in [2.24, 2.45) is 5.41 Å². The first-order valence-corrected chi connectivity index (χ1v) is 12.2. The zero-order valence-electron chi connectivity index (χ0n) is 20.4. The van der Waals surface area contributed by atoms with Crippen LogP contribution < -0.4 is 4.74 Å². The van der Waals surface area contributed by atoms with Crippen LogP contribution in [0.25, 0.3) is 10.9 Å². The first-order valence-electron chi connectivity index (χ1n) is 12.2. The van der Waals surface area contributed by atoms with Crippen molar-refractivity contribution < 1.29 is 23.4 Å². The van der Waals surface area contributed by atoms with E-state index in [4.69, 9.17) is 4.74 Å². The summed E-state index contributed by atoms with van der Waals surface area (Å²) in [5.41, 5.74) is 3.45. The number of likely N-dealkylation sites (tertiary alicyclic amines) is 1. The Morgan fingerprint density at radius 3 is 2.58 bits per heavy atom. The van der Waals surface area contributed by atoms with Gasteiger partial charge in [-0.2, -0.15) is 5.26 Å². The molecule has 1 N–H and O–H groups in total. The van der Waals surface area contributed by atoms with Crippen LogP contribution in [0.15, 0.2) is 42.6 Å². The molecule has 2 atom stereocenters. The fourth-order valence-corrected chi connectivity index (χ4v) is 6.31. The molecule has 1 aromatic heterocycles. The molecule has 5 rings (SSSR count). The van der Waals surface area contributed by atoms with Crippen LogP contribution in [0.1, 0.15) is 60.4 Å². The molecule has 2 fully saturated rings. The third kappa shape index (κ3) is 4.22. The number of carboxylic acid groups (broad SMARTS) is 1. The van der Waals surface area contributed by atoms with Crippen molar-refractivity contribution in [3.8, 4) is 11.8 Å². The Morgan fingerprint density at radius 2 is 1.97 bits per heavy atom. The molecule has 1 aliphatic carbocycles. The summed E-state index contributed by atoms with van der Waals surface area (Å²) < 4.78 is 35.6. The first kappa shape index (κ1) is 24.3. The highest BCUT2D eigenvalue weighted by Crippen LogP contribution is 2.56. The van der Waals surface area contributed by atoms with E-state index >= 15 is 0 Å². The number of ether oxygens (including phenoxy) is 1. The summed E-state index contributed by atoms with van der Waals surface area (Å²) in [7, 11) is 1.60. The van der Waals surface area contributed by atoms with E-state index in [1.165, 1.54) is 4.57 Å². The number of alkyl halides is 2. The Morgan fingerprint density at radius 1 is 1.22 bits per heavy atom. The molecule has 2 aromatic carbocycles. The molecule has 36 heavy (non-hydrogen) atoms. The number of benzene rings is 2. The van der Waals surface area contributed by atoms with Gasteiger partial charge in [-0.1, -0.05) is 12.1 Å². The number of aryl methyl sites for hydroxylation is 1. The molecular weight excluding hydrogens is 464 g/mol. The van der Waals surface area contributed by atoms with Gasteiger partial charge in [0.05, 0.1) is 24.3 Å². The number of hydrogen-bond donors (Lipinski definition) is 1. The summed E-state index contributed by atoms with van der Waals surface area (Å²) in [6.45, 7) is 2.98. The quantitative estimate of drug-likeness (QED) is 0.449. The Labute approximate surface area is 208 Å². The molecule has 0 radical (unpaired) electrons. The van der Waals surface area contributed by atoms with Crippen molar-refractivity contribution in [3.05, 3.63) is 64.8 Å². The van der Waals surface area contributed by atoms with E-state index in [-0.39, 0.29) is 18.9 Å². The summed E-state index contributed by atoms with van der Waals surface area (Å²) in [6.07, 6.45) is 2.15. The van der Waals surface area contributed by atoms with Crippen molar-refractivity contribution >= 4 is 17.0 Å². The zero-order valence-corrected chi connectivity index (χ0v) is 20.4. The highest BCUT2D eigenvalue weighted by Gasteiger charge is 2.52. The van der Waals surface area contributed by atoms with Crippen LogP contribution in [-0.4, -0.2) is 40.2 Å². The maximum absolute atomic E-state index is 14.3. The number of rotatable bonds is 4. The lowest BCUT2D eigenvalue weighted by atomic mass is 9.72. The van der Waals surface area contributed by atoms with Crippen LogP contribution >= 0.6 is 0 Å². The normalized spacial score (nSPS) is 23.7. The Kier molecular flexibility index (Phi) is 6.00. The van der Waals surface area contributed by atoms with Gasteiger partial charge >= 0.3 is 6.09 Å². The summed E-state index contributed by atoms with van der Waals surface area (Å²) in [5.74, 6) is -1.95. The summed E-state index contributed by atoms with van der Waals surface area (Å²) >= 11 is 0. The average molecular weight is 494 g/mol. The smallest absolute Gasteiger partial charge is 0.416 e. The lowest BCUT2D eigenvalue weighted by Crippen LogP contribution is -2.41. The highest BCUT2D eigenvalue weighted by molar-refractivity contribution is 5.94. The van der Waals surface area contributed by atoms with Crippen molar-refractivity contribution in [1.82, 2.24) is 9.47 Å². The predicted molar refractivity (Wildman–Crippen MR) is 131 cm³/mol. The van der Waals surface area contributed by atoms with Gasteiger partial charge in [0.1, 0.15) is 5.75 Å². The van der Waals surface area contributed by atoms with E-state index in [9.17, 15) is 23.9 Å². The number of fused-ring (bicyclic) bond motifs is 1. The second kappa shape index (κ2) is 8.90. The van der Waals surface area contributed by atoms with Crippen molar-refractivity contribution in [1.29, 1.82) is 5.26 Å². The molecular formula is C28H29F2N3O3. The lowest BCUT2D eigenvalue weighted by Gasteiger charge is -2.45. The van der Waals surface area contributed by atoms with E-state index in [1.807, 2.05) is 25.1 Å². The minimum Gasteiger partial charge on any atom is -0.496 e. The molecule has 1 spiro atoms. The van der Waals surface area contributed by atoms with Crippen LogP contribution in [-0.2, 0) is 6.54 Å². The number of aromatic nitrogens is 1. The minimum atomic E-state index is -2.62. The van der Waals surface area contributed by atoms with Gasteiger partial charge in [0.2, 0.25) is 5.92 Å². The SMILES string of the molecule is COc1cc(C)c2c(ccn2C(=O)O)c1CN1CCC2(CCC(F)(F)C2)CC1c1ccc(C#N)cc1. The maximum atomic E-state index is 14.3. The molecule has 188 valence electrons. The first-order chi connectivity index (χ1) is 17.1. The fourth-order valence-electron chi connectivity index (χ4n) is 6.31. The van der Waals surface area contributed by atoms with Gasteiger partial charge in [-0.05, 0) is 73.5 Å². The van der Waals surface area contributed by atoms with E-state index in [1.54, 1.807) is 31.5 Å². The topological polar surface area (TPSA) is 78.5 Å². The minimum absolute atomic E-state index is 0.0673. The lowest BCUT2D eigenvalue weighted by molar-refractivity contribution is -0.0235. The van der Waals surface area contributed by atoms with E-state index < -0.39 is 17.4 Å². The van der Waals surface area contributed by atoms with Crippen LogP contribution in [0.4, 0.5) is 13.6 Å². The highest BCUT2D eigenvalue weighted by atomic mass is 19.3. The Bertz CT molecular complexity index is 1360. The van der Waals surface area contributed by atoms with Crippen LogP contribution in [0.5, 0.6) is 5.75 Å². The third-order valence-electron chi connectivity index (χ3n) is 8.09.